The summed E-state index contributed by atoms with van der Waals surface area (Å²) in [5.41, 5.74) is 0. The van der Waals surface area contributed by atoms with Gasteiger partial charge in [0.1, 0.15) is 6.20 Å². The zero-order valence-electron chi connectivity index (χ0n) is 7.87. The number of H-pyrrole nitrogens is 1. The van der Waals surface area contributed by atoms with E-state index in [9.17, 15) is 8.42 Å². The summed E-state index contributed by atoms with van der Waals surface area (Å²) in [6.45, 7) is 0.337. The highest BCUT2D eigenvalue weighted by Crippen LogP contribution is 2.10. The molecule has 0 bridgehead atoms. The maximum atomic E-state index is 11.9. The van der Waals surface area contributed by atoms with E-state index in [4.69, 9.17) is 0 Å². The summed E-state index contributed by atoms with van der Waals surface area (Å²) in [4.78, 5) is 6.39. The Labute approximate surface area is 87.8 Å². The fourth-order valence-electron chi connectivity index (χ4n) is 1.19. The van der Waals surface area contributed by atoms with Crippen LogP contribution in [0.2, 0.25) is 0 Å². The number of sulfonamides is 1. The van der Waals surface area contributed by atoms with E-state index < -0.39 is 10.0 Å². The van der Waals surface area contributed by atoms with Gasteiger partial charge in [-0.25, -0.2) is 4.98 Å². The predicted octanol–water partition coefficient (Wildman–Crippen LogP) is -0.0301. The molecule has 2 rings (SSSR count). The molecule has 0 spiro atoms. The first kappa shape index (κ1) is 9.85. The molecule has 78 valence electrons. The van der Waals surface area contributed by atoms with Gasteiger partial charge in [-0.05, 0) is 11.1 Å². The second kappa shape index (κ2) is 3.82. The van der Waals surface area contributed by atoms with Crippen LogP contribution in [0.3, 0.4) is 0 Å². The van der Waals surface area contributed by atoms with Gasteiger partial charge in [0.2, 0.25) is 0 Å². The molecule has 0 radical (unpaired) electrons. The minimum absolute atomic E-state index is 0.0510. The number of hydrogen-bond donors (Lipinski definition) is 0. The Kier molecular flexibility index (Phi) is 2.51. The van der Waals surface area contributed by atoms with Gasteiger partial charge in [0.25, 0.3) is 0 Å². The lowest BCUT2D eigenvalue weighted by atomic mass is 10.4. The zero-order valence-corrected chi connectivity index (χ0v) is 8.68. The molecule has 1 N–H and O–H groups in total. The topological polar surface area (TPSA) is 64.4 Å². The maximum Gasteiger partial charge on any atom is 0.434 e. The van der Waals surface area contributed by atoms with E-state index in [0.717, 1.165) is 0 Å². The highest BCUT2D eigenvalue weighted by atomic mass is 32.2. The summed E-state index contributed by atoms with van der Waals surface area (Å²) in [6, 6.07) is 1.63. The van der Waals surface area contributed by atoms with Crippen LogP contribution in [0.15, 0.2) is 48.0 Å². The highest BCUT2D eigenvalue weighted by molar-refractivity contribution is 7.88. The molecule has 15 heavy (non-hydrogen) atoms. The maximum absolute atomic E-state index is 11.9. The molecule has 0 atom stereocenters. The summed E-state index contributed by atoms with van der Waals surface area (Å²) in [5.74, 6) is 0. The number of aromatic nitrogens is 2. The average Bonchev–Trinajstić information content (AvgIpc) is 2.31. The zero-order chi connectivity index (χ0) is 10.7. The average molecular weight is 224 g/mol. The lowest BCUT2D eigenvalue weighted by Gasteiger charge is -2.16. The molecule has 1 aliphatic heterocycles. The predicted molar refractivity (Wildman–Crippen MR) is 53.0 cm³/mol. The van der Waals surface area contributed by atoms with Crippen LogP contribution in [0, 0.1) is 0 Å². The molecule has 5 nitrogen and oxygen atoms in total. The molecule has 0 unspecified atom stereocenters. The number of allylic oxidation sites excluding steroid dienone is 2. The number of aromatic amines is 1. The van der Waals surface area contributed by atoms with Crippen LogP contribution in [-0.4, -0.2) is 24.3 Å². The number of rotatable bonds is 2. The Morgan fingerprint density at radius 2 is 2.27 bits per heavy atom. The second-order valence-corrected chi connectivity index (χ2v) is 4.74. The van der Waals surface area contributed by atoms with Gasteiger partial charge in [-0.3, -0.25) is 4.31 Å². The summed E-state index contributed by atoms with van der Waals surface area (Å²) < 4.78 is 25.1. The number of hydrogen-bond acceptors (Lipinski definition) is 3. The molecule has 1 aromatic rings. The van der Waals surface area contributed by atoms with Gasteiger partial charge >= 0.3 is 15.2 Å². The fourth-order valence-corrected chi connectivity index (χ4v) is 2.34. The van der Waals surface area contributed by atoms with Crippen molar-refractivity contribution in [2.24, 2.45) is 0 Å². The Bertz CT molecular complexity index is 493. The van der Waals surface area contributed by atoms with E-state index in [1.54, 1.807) is 24.3 Å². The molecule has 2 heterocycles. The van der Waals surface area contributed by atoms with Crippen LogP contribution in [0.1, 0.15) is 0 Å². The van der Waals surface area contributed by atoms with Crippen molar-refractivity contribution in [3.63, 3.8) is 0 Å². The van der Waals surface area contributed by atoms with Crippen molar-refractivity contribution in [2.75, 3.05) is 6.54 Å². The highest BCUT2D eigenvalue weighted by Gasteiger charge is 2.29. The van der Waals surface area contributed by atoms with Gasteiger partial charge < -0.3 is 0 Å². The molecule has 0 amide bonds. The molecule has 0 saturated carbocycles. The van der Waals surface area contributed by atoms with E-state index in [1.807, 2.05) is 0 Å². The van der Waals surface area contributed by atoms with Gasteiger partial charge in [-0.1, -0.05) is 12.2 Å². The quantitative estimate of drug-likeness (QED) is 0.663. The fraction of sp³-hybridized carbons (Fsp3) is 0.111. The summed E-state index contributed by atoms with van der Waals surface area (Å²) in [6.07, 6.45) is 9.72. The molecule has 0 saturated heterocycles. The number of nitrogens with one attached hydrogen (secondary N) is 1. The van der Waals surface area contributed by atoms with Crippen molar-refractivity contribution in [2.45, 2.75) is 5.16 Å². The minimum Gasteiger partial charge on any atom is -0.263 e. The lowest BCUT2D eigenvalue weighted by Crippen LogP contribution is -2.32. The third-order valence-electron chi connectivity index (χ3n) is 1.92. The Balaban J connectivity index is 2.36. The molecule has 1 aromatic heterocycles. The van der Waals surface area contributed by atoms with Crippen molar-refractivity contribution in [3.05, 3.63) is 42.9 Å². The van der Waals surface area contributed by atoms with Gasteiger partial charge in [0.05, 0.1) is 12.7 Å². The van der Waals surface area contributed by atoms with Crippen LogP contribution in [0.25, 0.3) is 0 Å². The standard InChI is InChI=1S/C9H9N3O2S/c13-15(14,9-10-5-4-6-11-9)12-7-2-1-3-8-12/h1-7H,8H2/p+1. The van der Waals surface area contributed by atoms with E-state index >= 15 is 0 Å². The SMILES string of the molecule is O=S(=O)(c1nccc[nH+]1)N1C=CC=CC1. The van der Waals surface area contributed by atoms with Gasteiger partial charge in [-0.2, -0.15) is 8.42 Å². The first-order chi connectivity index (χ1) is 7.21. The third-order valence-corrected chi connectivity index (χ3v) is 3.52. The van der Waals surface area contributed by atoms with E-state index in [0.29, 0.717) is 6.54 Å². The van der Waals surface area contributed by atoms with Crippen LogP contribution in [0.4, 0.5) is 0 Å². The van der Waals surface area contributed by atoms with Crippen LogP contribution >= 0.6 is 0 Å². The van der Waals surface area contributed by atoms with E-state index in [-0.39, 0.29) is 5.16 Å². The normalized spacial score (nSPS) is 15.6. The van der Waals surface area contributed by atoms with Crippen molar-refractivity contribution in [3.8, 4) is 0 Å². The third kappa shape index (κ3) is 1.89. The van der Waals surface area contributed by atoms with Gasteiger partial charge in [0, 0.05) is 12.3 Å². The van der Waals surface area contributed by atoms with Gasteiger partial charge in [0.15, 0.2) is 0 Å². The molecular weight excluding hydrogens is 214 g/mol. The largest absolute Gasteiger partial charge is 0.434 e. The lowest BCUT2D eigenvalue weighted by molar-refractivity contribution is -0.435. The first-order valence-electron chi connectivity index (χ1n) is 4.39. The number of nitrogens with zero attached hydrogens (tertiary/aromatic N) is 2. The van der Waals surface area contributed by atoms with Crippen LogP contribution in [-0.2, 0) is 10.0 Å². The molecular formula is C9H10N3O2S+. The van der Waals surface area contributed by atoms with Gasteiger partial charge in [-0.15, -0.1) is 0 Å². The van der Waals surface area contributed by atoms with Crippen molar-refractivity contribution in [1.82, 2.24) is 9.29 Å². The van der Waals surface area contributed by atoms with Crippen molar-refractivity contribution in [1.29, 1.82) is 0 Å². The molecule has 0 aromatic carbocycles. The second-order valence-electron chi connectivity index (χ2n) is 2.93. The Morgan fingerprint density at radius 1 is 1.40 bits per heavy atom. The van der Waals surface area contributed by atoms with Crippen molar-refractivity contribution < 1.29 is 13.4 Å². The Hall–Kier alpha value is -1.69. The molecule has 1 aliphatic rings. The van der Waals surface area contributed by atoms with E-state index in [2.05, 4.69) is 9.97 Å². The molecule has 0 aliphatic carbocycles. The molecule has 0 fully saturated rings. The van der Waals surface area contributed by atoms with Crippen molar-refractivity contribution >= 4 is 10.0 Å². The smallest absolute Gasteiger partial charge is 0.263 e. The minimum atomic E-state index is -3.53. The first-order valence-corrected chi connectivity index (χ1v) is 5.83. The summed E-state index contributed by atoms with van der Waals surface area (Å²) in [7, 11) is -3.53. The summed E-state index contributed by atoms with van der Waals surface area (Å²) >= 11 is 0. The van der Waals surface area contributed by atoms with Crippen LogP contribution < -0.4 is 4.98 Å². The monoisotopic (exact) mass is 224 g/mol. The molecule has 6 heteroatoms. The Morgan fingerprint density at radius 3 is 2.87 bits per heavy atom. The van der Waals surface area contributed by atoms with E-state index in [1.165, 1.54) is 22.9 Å². The summed E-state index contributed by atoms with van der Waals surface area (Å²) in [5, 5.41) is -0.0510. The van der Waals surface area contributed by atoms with Crippen LogP contribution in [0.5, 0.6) is 0 Å².